The topological polar surface area (TPSA) is 86.8 Å². The first-order valence-corrected chi connectivity index (χ1v) is 15.6. The molecule has 0 saturated heterocycles. The second-order valence-electron chi connectivity index (χ2n) is 10.6. The SMILES string of the molecule is CC[C@@H](C(=O)NC1CCCCC1)N(Cc1ccccc1)C(=O)CN(c1ccc(C)cc1)S(=O)(=O)c1ccc(F)cc1. The second-order valence-corrected chi connectivity index (χ2v) is 12.4. The zero-order chi connectivity index (χ0) is 29.4. The van der Waals surface area contributed by atoms with Gasteiger partial charge < -0.3 is 10.2 Å². The number of anilines is 1. The summed E-state index contributed by atoms with van der Waals surface area (Å²) in [4.78, 5) is 29.0. The van der Waals surface area contributed by atoms with Gasteiger partial charge in [0.05, 0.1) is 10.6 Å². The summed E-state index contributed by atoms with van der Waals surface area (Å²) in [6.07, 6.45) is 5.45. The minimum absolute atomic E-state index is 0.0712. The fourth-order valence-corrected chi connectivity index (χ4v) is 6.63. The van der Waals surface area contributed by atoms with Crippen LogP contribution in [0.15, 0.2) is 83.8 Å². The lowest BCUT2D eigenvalue weighted by Gasteiger charge is -2.34. The van der Waals surface area contributed by atoms with Crippen LogP contribution in [0.2, 0.25) is 0 Å². The molecule has 0 unspecified atom stereocenters. The number of aryl methyl sites for hydroxylation is 1. The van der Waals surface area contributed by atoms with E-state index in [0.717, 1.165) is 59.7 Å². The van der Waals surface area contributed by atoms with Gasteiger partial charge in [-0.25, -0.2) is 12.8 Å². The Labute approximate surface area is 242 Å². The maximum Gasteiger partial charge on any atom is 0.264 e. The molecule has 1 saturated carbocycles. The number of rotatable bonds is 11. The van der Waals surface area contributed by atoms with E-state index >= 15 is 0 Å². The predicted molar refractivity (Wildman–Crippen MR) is 158 cm³/mol. The number of sulfonamides is 1. The van der Waals surface area contributed by atoms with Gasteiger partial charge in [-0.1, -0.05) is 74.2 Å². The lowest BCUT2D eigenvalue weighted by Crippen LogP contribution is -2.54. The molecular formula is C32H38FN3O4S. The summed E-state index contributed by atoms with van der Waals surface area (Å²) >= 11 is 0. The Morgan fingerprint density at radius 1 is 0.927 bits per heavy atom. The van der Waals surface area contributed by atoms with E-state index in [9.17, 15) is 22.4 Å². The molecule has 0 aliphatic heterocycles. The van der Waals surface area contributed by atoms with Crippen LogP contribution in [0.1, 0.15) is 56.6 Å². The zero-order valence-electron chi connectivity index (χ0n) is 23.6. The van der Waals surface area contributed by atoms with Crippen molar-refractivity contribution in [2.75, 3.05) is 10.8 Å². The summed E-state index contributed by atoms with van der Waals surface area (Å²) in [5, 5.41) is 3.14. The van der Waals surface area contributed by atoms with Gasteiger partial charge in [0.15, 0.2) is 0 Å². The van der Waals surface area contributed by atoms with Crippen LogP contribution in [0.3, 0.4) is 0 Å². The number of nitrogens with zero attached hydrogens (tertiary/aromatic N) is 2. The molecule has 4 rings (SSSR count). The molecule has 1 fully saturated rings. The Kier molecular flexibility index (Phi) is 10.2. The summed E-state index contributed by atoms with van der Waals surface area (Å²) in [6.45, 7) is 3.35. The third-order valence-electron chi connectivity index (χ3n) is 7.54. The number of benzene rings is 3. The average molecular weight is 580 g/mol. The van der Waals surface area contributed by atoms with Crippen LogP contribution >= 0.6 is 0 Å². The van der Waals surface area contributed by atoms with E-state index in [0.29, 0.717) is 12.1 Å². The molecule has 1 atom stereocenters. The van der Waals surface area contributed by atoms with Crippen LogP contribution in [-0.2, 0) is 26.2 Å². The Morgan fingerprint density at radius 2 is 1.56 bits per heavy atom. The van der Waals surface area contributed by atoms with Gasteiger partial charge in [0, 0.05) is 12.6 Å². The molecule has 218 valence electrons. The van der Waals surface area contributed by atoms with Crippen LogP contribution in [-0.4, -0.2) is 43.8 Å². The van der Waals surface area contributed by atoms with Crippen molar-refractivity contribution in [1.82, 2.24) is 10.2 Å². The van der Waals surface area contributed by atoms with Crippen molar-refractivity contribution in [3.63, 3.8) is 0 Å². The Balaban J connectivity index is 1.68. The van der Waals surface area contributed by atoms with Gasteiger partial charge >= 0.3 is 0 Å². The molecule has 0 radical (unpaired) electrons. The minimum Gasteiger partial charge on any atom is -0.352 e. The van der Waals surface area contributed by atoms with Crippen molar-refractivity contribution < 1.29 is 22.4 Å². The van der Waals surface area contributed by atoms with Crippen LogP contribution < -0.4 is 9.62 Å². The highest BCUT2D eigenvalue weighted by Gasteiger charge is 2.34. The molecule has 41 heavy (non-hydrogen) atoms. The fourth-order valence-electron chi connectivity index (χ4n) is 5.22. The molecule has 0 bridgehead atoms. The van der Waals surface area contributed by atoms with E-state index in [-0.39, 0.29) is 23.4 Å². The van der Waals surface area contributed by atoms with Crippen LogP contribution in [0, 0.1) is 12.7 Å². The van der Waals surface area contributed by atoms with E-state index in [2.05, 4.69) is 5.32 Å². The summed E-state index contributed by atoms with van der Waals surface area (Å²) in [6, 6.07) is 20.0. The lowest BCUT2D eigenvalue weighted by molar-refractivity contribution is -0.140. The average Bonchev–Trinajstić information content (AvgIpc) is 2.97. The normalized spacial score (nSPS) is 14.7. The van der Waals surface area contributed by atoms with E-state index < -0.39 is 34.3 Å². The third kappa shape index (κ3) is 7.73. The van der Waals surface area contributed by atoms with E-state index in [1.165, 1.54) is 17.0 Å². The molecule has 3 aromatic carbocycles. The maximum absolute atomic E-state index is 14.1. The van der Waals surface area contributed by atoms with Crippen molar-refractivity contribution in [3.8, 4) is 0 Å². The van der Waals surface area contributed by atoms with Crippen molar-refractivity contribution in [2.45, 2.75) is 75.9 Å². The predicted octanol–water partition coefficient (Wildman–Crippen LogP) is 5.59. The molecule has 9 heteroatoms. The second kappa shape index (κ2) is 13.8. The van der Waals surface area contributed by atoms with Crippen LogP contribution in [0.4, 0.5) is 10.1 Å². The molecule has 0 aromatic heterocycles. The number of nitrogens with one attached hydrogen (secondary N) is 1. The highest BCUT2D eigenvalue weighted by atomic mass is 32.2. The number of carbonyl (C=O) groups excluding carboxylic acids is 2. The van der Waals surface area contributed by atoms with Gasteiger partial charge in [-0.05, 0) is 68.1 Å². The summed E-state index contributed by atoms with van der Waals surface area (Å²) in [7, 11) is -4.24. The molecular weight excluding hydrogens is 541 g/mol. The molecule has 0 spiro atoms. The Hall–Kier alpha value is -3.72. The summed E-state index contributed by atoms with van der Waals surface area (Å²) in [5.41, 5.74) is 2.05. The maximum atomic E-state index is 14.1. The smallest absolute Gasteiger partial charge is 0.264 e. The van der Waals surface area contributed by atoms with Gasteiger partial charge in [0.1, 0.15) is 18.4 Å². The van der Waals surface area contributed by atoms with Gasteiger partial charge in [-0.2, -0.15) is 0 Å². The number of carbonyl (C=O) groups is 2. The van der Waals surface area contributed by atoms with E-state index in [4.69, 9.17) is 0 Å². The molecule has 3 aromatic rings. The van der Waals surface area contributed by atoms with E-state index in [1.54, 1.807) is 24.3 Å². The van der Waals surface area contributed by atoms with Crippen molar-refractivity contribution >= 4 is 27.5 Å². The van der Waals surface area contributed by atoms with Crippen LogP contribution in [0.25, 0.3) is 0 Å². The number of halogens is 1. The standard InChI is InChI=1S/C32H38FN3O4S/c1-3-30(32(38)34-27-12-8-5-9-13-27)35(22-25-10-6-4-7-11-25)31(37)23-36(28-18-14-24(2)15-19-28)41(39,40)29-20-16-26(33)17-21-29/h4,6-7,10-11,14-21,27,30H,3,5,8-9,12-13,22-23H2,1-2H3,(H,34,38)/t30-/m0/s1. The van der Waals surface area contributed by atoms with Crippen molar-refractivity contribution in [3.05, 3.63) is 95.8 Å². The van der Waals surface area contributed by atoms with E-state index in [1.807, 2.05) is 44.2 Å². The van der Waals surface area contributed by atoms with Gasteiger partial charge in [-0.3, -0.25) is 13.9 Å². The third-order valence-corrected chi connectivity index (χ3v) is 9.32. The molecule has 1 aliphatic carbocycles. The summed E-state index contributed by atoms with van der Waals surface area (Å²) in [5.74, 6) is -1.30. The zero-order valence-corrected chi connectivity index (χ0v) is 24.4. The lowest BCUT2D eigenvalue weighted by atomic mass is 9.95. The monoisotopic (exact) mass is 579 g/mol. The van der Waals surface area contributed by atoms with Gasteiger partial charge in [-0.15, -0.1) is 0 Å². The van der Waals surface area contributed by atoms with Gasteiger partial charge in [0.2, 0.25) is 11.8 Å². The molecule has 1 N–H and O–H groups in total. The molecule has 2 amide bonds. The highest BCUT2D eigenvalue weighted by molar-refractivity contribution is 7.92. The first-order valence-electron chi connectivity index (χ1n) is 14.2. The fraction of sp³-hybridized carbons (Fsp3) is 0.375. The first-order chi connectivity index (χ1) is 19.7. The van der Waals surface area contributed by atoms with Crippen molar-refractivity contribution in [2.24, 2.45) is 0 Å². The first kappa shape index (κ1) is 30.2. The van der Waals surface area contributed by atoms with Gasteiger partial charge in [0.25, 0.3) is 10.0 Å². The molecule has 1 aliphatic rings. The Morgan fingerprint density at radius 3 is 2.17 bits per heavy atom. The number of amides is 2. The number of hydrogen-bond acceptors (Lipinski definition) is 4. The Bertz CT molecular complexity index is 1410. The quantitative estimate of drug-likeness (QED) is 0.321. The van der Waals surface area contributed by atoms with Crippen molar-refractivity contribution in [1.29, 1.82) is 0 Å². The highest BCUT2D eigenvalue weighted by Crippen LogP contribution is 2.26. The minimum atomic E-state index is -4.24. The van der Waals surface area contributed by atoms with Crippen LogP contribution in [0.5, 0.6) is 0 Å². The largest absolute Gasteiger partial charge is 0.352 e. The molecule has 0 heterocycles. The number of hydrogen-bond donors (Lipinski definition) is 1. The summed E-state index contributed by atoms with van der Waals surface area (Å²) < 4.78 is 42.3. The molecule has 7 nitrogen and oxygen atoms in total.